The molecular formula is C12H16FNOS. The largest absolute Gasteiger partial charge is 0.234 e. The Morgan fingerprint density at radius 1 is 1.38 bits per heavy atom. The van der Waals surface area contributed by atoms with Gasteiger partial charge in [-0.05, 0) is 51.0 Å². The van der Waals surface area contributed by atoms with E-state index in [1.807, 2.05) is 27.7 Å². The molecule has 1 atom stereocenters. The van der Waals surface area contributed by atoms with Crippen LogP contribution >= 0.6 is 0 Å². The van der Waals surface area contributed by atoms with Crippen LogP contribution in [0.2, 0.25) is 0 Å². The van der Waals surface area contributed by atoms with Gasteiger partial charge < -0.3 is 0 Å². The molecule has 0 saturated carbocycles. The lowest BCUT2D eigenvalue weighted by Crippen LogP contribution is -2.19. The molecule has 4 heteroatoms. The third kappa shape index (κ3) is 3.52. The van der Waals surface area contributed by atoms with Gasteiger partial charge in [-0.15, -0.1) is 0 Å². The lowest BCUT2D eigenvalue weighted by molar-refractivity contribution is 0.627. The summed E-state index contributed by atoms with van der Waals surface area (Å²) in [6.45, 7) is 7.40. The molecule has 1 unspecified atom stereocenters. The van der Waals surface area contributed by atoms with Crippen LogP contribution in [0.25, 0.3) is 0 Å². The number of nitrogens with zero attached hydrogens (tertiary/aromatic N) is 1. The normalized spacial score (nSPS) is 14.3. The molecular weight excluding hydrogens is 225 g/mol. The van der Waals surface area contributed by atoms with Crippen molar-refractivity contribution in [3.8, 4) is 0 Å². The monoisotopic (exact) mass is 241 g/mol. The SMILES string of the molecule is Cc1ccc(F)cc1C=NS(=O)C(C)(C)C. The fourth-order valence-corrected chi connectivity index (χ4v) is 1.54. The van der Waals surface area contributed by atoms with Crippen LogP contribution < -0.4 is 0 Å². The third-order valence-electron chi connectivity index (χ3n) is 2.05. The Labute approximate surface area is 98.2 Å². The second-order valence-electron chi connectivity index (χ2n) is 4.60. The Balaban J connectivity index is 2.93. The molecule has 0 radical (unpaired) electrons. The number of aryl methyl sites for hydroxylation is 1. The molecule has 2 nitrogen and oxygen atoms in total. The molecule has 0 aliphatic rings. The van der Waals surface area contributed by atoms with Crippen LogP contribution in [0.15, 0.2) is 22.6 Å². The van der Waals surface area contributed by atoms with Crippen molar-refractivity contribution in [3.05, 3.63) is 35.1 Å². The zero-order valence-corrected chi connectivity index (χ0v) is 10.8. The molecule has 16 heavy (non-hydrogen) atoms. The summed E-state index contributed by atoms with van der Waals surface area (Å²) < 4.78 is 28.2. The van der Waals surface area contributed by atoms with Crippen molar-refractivity contribution in [2.45, 2.75) is 32.4 Å². The van der Waals surface area contributed by atoms with Gasteiger partial charge in [-0.1, -0.05) is 6.07 Å². The van der Waals surface area contributed by atoms with Gasteiger partial charge in [0.15, 0.2) is 0 Å². The Hall–Kier alpha value is -1.03. The first-order valence-corrected chi connectivity index (χ1v) is 6.13. The van der Waals surface area contributed by atoms with Gasteiger partial charge in [0.2, 0.25) is 0 Å². The van der Waals surface area contributed by atoms with Crippen molar-refractivity contribution in [3.63, 3.8) is 0 Å². The summed E-state index contributed by atoms with van der Waals surface area (Å²) in [6, 6.07) is 4.46. The van der Waals surface area contributed by atoms with Crippen molar-refractivity contribution in [2.75, 3.05) is 0 Å². The number of hydrogen-bond acceptors (Lipinski definition) is 1. The van der Waals surface area contributed by atoms with Crippen LogP contribution in [-0.4, -0.2) is 15.2 Å². The van der Waals surface area contributed by atoms with Gasteiger partial charge in [-0.25, -0.2) is 8.60 Å². The molecule has 1 aromatic carbocycles. The molecule has 0 bridgehead atoms. The minimum absolute atomic E-state index is 0.311. The molecule has 1 aromatic rings. The van der Waals surface area contributed by atoms with Crippen molar-refractivity contribution >= 4 is 17.2 Å². The molecule has 88 valence electrons. The standard InChI is InChI=1S/C12H16FNOS/c1-9-5-6-11(13)7-10(9)8-14-16(15)12(2,3)4/h5-8H,1-4H3. The molecule has 0 aromatic heterocycles. The molecule has 0 fully saturated rings. The summed E-state index contributed by atoms with van der Waals surface area (Å²) in [4.78, 5) is 0. The van der Waals surface area contributed by atoms with E-state index < -0.39 is 15.7 Å². The van der Waals surface area contributed by atoms with Crippen molar-refractivity contribution in [1.29, 1.82) is 0 Å². The number of benzene rings is 1. The average Bonchev–Trinajstić information content (AvgIpc) is 2.17. The Morgan fingerprint density at radius 3 is 2.56 bits per heavy atom. The minimum atomic E-state index is -1.31. The Kier molecular flexibility index (Phi) is 3.97. The maximum atomic E-state index is 13.0. The highest BCUT2D eigenvalue weighted by molar-refractivity contribution is 7.85. The first-order chi connectivity index (χ1) is 7.30. The van der Waals surface area contributed by atoms with Gasteiger partial charge in [0, 0.05) is 6.21 Å². The highest BCUT2D eigenvalue weighted by atomic mass is 32.2. The van der Waals surface area contributed by atoms with Crippen LogP contribution in [0.4, 0.5) is 4.39 Å². The first-order valence-electron chi connectivity index (χ1n) is 5.03. The summed E-state index contributed by atoms with van der Waals surface area (Å²) in [5.74, 6) is -0.311. The summed E-state index contributed by atoms with van der Waals surface area (Å²) >= 11 is 0. The van der Waals surface area contributed by atoms with Gasteiger partial charge in [0.25, 0.3) is 0 Å². The maximum Gasteiger partial charge on any atom is 0.144 e. The molecule has 0 amide bonds. The molecule has 0 heterocycles. The Bertz CT molecular complexity index is 435. The van der Waals surface area contributed by atoms with Crippen molar-refractivity contribution in [2.24, 2.45) is 4.40 Å². The quantitative estimate of drug-likeness (QED) is 0.732. The number of rotatable bonds is 2. The van der Waals surface area contributed by atoms with E-state index in [-0.39, 0.29) is 5.82 Å². The van der Waals surface area contributed by atoms with E-state index >= 15 is 0 Å². The van der Waals surface area contributed by atoms with E-state index in [1.54, 1.807) is 6.07 Å². The number of hydrogen-bond donors (Lipinski definition) is 0. The van der Waals surface area contributed by atoms with Crippen LogP contribution in [0.5, 0.6) is 0 Å². The summed E-state index contributed by atoms with van der Waals surface area (Å²) in [5, 5.41) is 0. The van der Waals surface area contributed by atoms with E-state index in [4.69, 9.17) is 0 Å². The summed E-state index contributed by atoms with van der Waals surface area (Å²) in [5.41, 5.74) is 1.58. The average molecular weight is 241 g/mol. The molecule has 0 saturated heterocycles. The van der Waals surface area contributed by atoms with E-state index in [2.05, 4.69) is 4.40 Å². The fourth-order valence-electron chi connectivity index (χ4n) is 1.01. The Morgan fingerprint density at radius 2 is 2.00 bits per heavy atom. The van der Waals surface area contributed by atoms with Gasteiger partial charge in [0.05, 0.1) is 4.75 Å². The van der Waals surface area contributed by atoms with Gasteiger partial charge in [0.1, 0.15) is 16.8 Å². The second-order valence-corrected chi connectivity index (χ2v) is 6.53. The van der Waals surface area contributed by atoms with Crippen LogP contribution in [-0.2, 0) is 11.0 Å². The maximum absolute atomic E-state index is 13.0. The van der Waals surface area contributed by atoms with Crippen molar-refractivity contribution in [1.82, 2.24) is 0 Å². The zero-order chi connectivity index (χ0) is 12.3. The molecule has 1 rings (SSSR count). The highest BCUT2D eigenvalue weighted by Crippen LogP contribution is 2.13. The minimum Gasteiger partial charge on any atom is -0.234 e. The van der Waals surface area contributed by atoms with E-state index in [0.29, 0.717) is 5.56 Å². The lowest BCUT2D eigenvalue weighted by atomic mass is 10.1. The zero-order valence-electron chi connectivity index (χ0n) is 9.95. The van der Waals surface area contributed by atoms with Crippen LogP contribution in [0, 0.1) is 12.7 Å². The predicted octanol–water partition coefficient (Wildman–Crippen LogP) is 3.02. The molecule has 0 aliphatic heterocycles. The summed E-state index contributed by atoms with van der Waals surface area (Å²) in [6.07, 6.45) is 1.47. The van der Waals surface area contributed by atoms with Gasteiger partial charge >= 0.3 is 0 Å². The molecule has 0 N–H and O–H groups in total. The van der Waals surface area contributed by atoms with E-state index in [0.717, 1.165) is 5.56 Å². The van der Waals surface area contributed by atoms with Crippen LogP contribution in [0.3, 0.4) is 0 Å². The van der Waals surface area contributed by atoms with Crippen LogP contribution in [0.1, 0.15) is 31.9 Å². The van der Waals surface area contributed by atoms with Gasteiger partial charge in [-0.3, -0.25) is 0 Å². The smallest absolute Gasteiger partial charge is 0.144 e. The first kappa shape index (κ1) is 13.0. The lowest BCUT2D eigenvalue weighted by Gasteiger charge is -2.12. The highest BCUT2D eigenvalue weighted by Gasteiger charge is 2.18. The number of halogens is 1. The van der Waals surface area contributed by atoms with E-state index in [9.17, 15) is 8.60 Å². The molecule has 0 spiro atoms. The predicted molar refractivity (Wildman–Crippen MR) is 66.6 cm³/mol. The van der Waals surface area contributed by atoms with Crippen molar-refractivity contribution < 1.29 is 8.60 Å². The topological polar surface area (TPSA) is 29.4 Å². The summed E-state index contributed by atoms with van der Waals surface area (Å²) in [7, 11) is -1.31. The van der Waals surface area contributed by atoms with E-state index in [1.165, 1.54) is 18.3 Å². The second kappa shape index (κ2) is 4.87. The third-order valence-corrected chi connectivity index (χ3v) is 3.40. The molecule has 0 aliphatic carbocycles. The fraction of sp³-hybridized carbons (Fsp3) is 0.417. The van der Waals surface area contributed by atoms with Gasteiger partial charge in [-0.2, -0.15) is 4.40 Å².